The summed E-state index contributed by atoms with van der Waals surface area (Å²) in [5.74, 6) is 0. The molecule has 1 aliphatic rings. The van der Waals surface area contributed by atoms with Crippen LogP contribution in [0.25, 0.3) is 0 Å². The lowest BCUT2D eigenvalue weighted by molar-refractivity contribution is -0.725. The van der Waals surface area contributed by atoms with Crippen molar-refractivity contribution in [3.05, 3.63) is 24.3 Å². The van der Waals surface area contributed by atoms with Crippen molar-refractivity contribution in [2.45, 2.75) is 61.1 Å². The van der Waals surface area contributed by atoms with Crippen LogP contribution in [0.3, 0.4) is 0 Å². The first-order chi connectivity index (χ1) is 8.87. The lowest BCUT2D eigenvalue weighted by Gasteiger charge is -2.12. The summed E-state index contributed by atoms with van der Waals surface area (Å²) < 4.78 is 4.82. The van der Waals surface area contributed by atoms with Gasteiger partial charge in [0.1, 0.15) is 0 Å². The summed E-state index contributed by atoms with van der Waals surface area (Å²) in [5, 5.41) is 0. The Morgan fingerprint density at radius 1 is 0.789 bits per heavy atom. The predicted octanol–water partition coefficient (Wildman–Crippen LogP) is 4.71. The van der Waals surface area contributed by atoms with Gasteiger partial charge in [-0.2, -0.15) is 0 Å². The molecule has 0 saturated carbocycles. The topological polar surface area (TPSA) is 6.02 Å². The van der Waals surface area contributed by atoms with Crippen molar-refractivity contribution in [3.8, 4) is 0 Å². The molecule has 2 heteroatoms. The minimum absolute atomic E-state index is 0.0264. The van der Waals surface area contributed by atoms with Gasteiger partial charge in [-0.05, 0) is 0 Å². The number of rotatable bonds is 0. The third-order valence-corrected chi connectivity index (χ3v) is 3.35. The average molecular weight is 260 g/mol. The van der Waals surface area contributed by atoms with Gasteiger partial charge in [0.2, 0.25) is 0 Å². The zero-order valence-corrected chi connectivity index (χ0v) is 13.7. The van der Waals surface area contributed by atoms with Crippen LogP contribution in [0, 0.1) is 0 Å². The third kappa shape index (κ3) is 2.49. The van der Waals surface area contributed by atoms with Crippen LogP contribution in [0.5, 0.6) is 0 Å². The van der Waals surface area contributed by atoms with Crippen LogP contribution in [0.4, 0.5) is 11.4 Å². The van der Waals surface area contributed by atoms with E-state index in [1.54, 1.807) is 0 Å². The fourth-order valence-electron chi connectivity index (χ4n) is 3.11. The van der Waals surface area contributed by atoms with E-state index in [1.807, 2.05) is 13.8 Å². The summed E-state index contributed by atoms with van der Waals surface area (Å²) >= 11 is 0. The highest BCUT2D eigenvalue weighted by Gasteiger charge is 2.54. The van der Waals surface area contributed by atoms with Gasteiger partial charge in [0.05, 0.1) is 13.8 Å². The predicted molar refractivity (Wildman–Crippen MR) is 84.4 cm³/mol. The molecule has 0 unspecified atom stereocenters. The van der Waals surface area contributed by atoms with Crippen molar-refractivity contribution in [2.75, 3.05) is 0 Å². The maximum atomic E-state index is 2.41. The second-order valence-corrected chi connectivity index (χ2v) is 5.55. The summed E-state index contributed by atoms with van der Waals surface area (Å²) in [6.45, 7) is 17.2. The summed E-state index contributed by atoms with van der Waals surface area (Å²) in [6, 6.07) is 8.62. The van der Waals surface area contributed by atoms with E-state index in [0.717, 1.165) is 0 Å². The second-order valence-electron chi connectivity index (χ2n) is 5.55. The Morgan fingerprint density at radius 2 is 1.11 bits per heavy atom. The average Bonchev–Trinajstić information content (AvgIpc) is 2.57. The van der Waals surface area contributed by atoms with E-state index in [9.17, 15) is 0 Å². The standard InChI is InChI=1S/C15H22N2.C2H6/c1-11(2)16-13-9-7-8-10-14(13)17(12(3)4)15(16,5)6;1-2/h7-10H,1-6H3;1-2H3/q+2;. The fourth-order valence-corrected chi connectivity index (χ4v) is 3.11. The molecule has 2 rings (SSSR count). The number of hydrogen-bond acceptors (Lipinski definition) is 0. The van der Waals surface area contributed by atoms with Crippen LogP contribution in [0.1, 0.15) is 55.4 Å². The Bertz CT molecular complexity index is 479. The Balaban J connectivity index is 0.000000861. The van der Waals surface area contributed by atoms with Crippen LogP contribution < -0.4 is 0 Å². The molecule has 0 fully saturated rings. The van der Waals surface area contributed by atoms with Crippen molar-refractivity contribution in [2.24, 2.45) is 0 Å². The van der Waals surface area contributed by atoms with Gasteiger partial charge in [-0.25, -0.2) is 0 Å². The Hall–Kier alpha value is -1.44. The molecule has 0 N–H and O–H groups in total. The van der Waals surface area contributed by atoms with Crippen molar-refractivity contribution < 1.29 is 9.15 Å². The second kappa shape index (κ2) is 5.68. The first-order valence-corrected chi connectivity index (χ1v) is 7.17. The van der Waals surface area contributed by atoms with E-state index in [1.165, 1.54) is 22.8 Å². The Labute approximate surface area is 118 Å². The van der Waals surface area contributed by atoms with Crippen molar-refractivity contribution in [1.82, 2.24) is 0 Å². The van der Waals surface area contributed by atoms with Crippen molar-refractivity contribution in [1.29, 1.82) is 0 Å². The summed E-state index contributed by atoms with van der Waals surface area (Å²) in [4.78, 5) is 0. The molecule has 0 amide bonds. The molecule has 1 heterocycles. The van der Waals surface area contributed by atoms with Crippen molar-refractivity contribution >= 4 is 22.8 Å². The zero-order valence-electron chi connectivity index (χ0n) is 13.7. The highest BCUT2D eigenvalue weighted by atomic mass is 15.4. The lowest BCUT2D eigenvalue weighted by Crippen LogP contribution is -2.41. The van der Waals surface area contributed by atoms with Gasteiger partial charge in [0.15, 0.2) is 11.4 Å². The van der Waals surface area contributed by atoms with Gasteiger partial charge in [-0.3, -0.25) is 0 Å². The van der Waals surface area contributed by atoms with Crippen LogP contribution >= 0.6 is 0 Å². The zero-order chi connectivity index (χ0) is 14.8. The molecule has 0 saturated heterocycles. The molecule has 1 aliphatic heterocycles. The number of fused-ring (bicyclic) bond motifs is 1. The third-order valence-electron chi connectivity index (χ3n) is 3.35. The van der Waals surface area contributed by atoms with Gasteiger partial charge in [-0.15, -0.1) is 9.15 Å². The minimum Gasteiger partial charge on any atom is -0.131 e. The highest BCUT2D eigenvalue weighted by Crippen LogP contribution is 2.42. The molecule has 104 valence electrons. The van der Waals surface area contributed by atoms with E-state index < -0.39 is 0 Å². The van der Waals surface area contributed by atoms with E-state index in [-0.39, 0.29) is 5.66 Å². The molecule has 0 atom stereocenters. The molecule has 0 aliphatic carbocycles. The Kier molecular flexibility index (Phi) is 4.67. The first kappa shape index (κ1) is 15.6. The summed E-state index contributed by atoms with van der Waals surface area (Å²) in [6.07, 6.45) is 0. The molecule has 0 spiro atoms. The van der Waals surface area contributed by atoms with Crippen molar-refractivity contribution in [3.63, 3.8) is 0 Å². The van der Waals surface area contributed by atoms with E-state index in [0.29, 0.717) is 0 Å². The molecule has 19 heavy (non-hydrogen) atoms. The monoisotopic (exact) mass is 260 g/mol. The molecule has 0 bridgehead atoms. The van der Waals surface area contributed by atoms with Crippen LogP contribution in [0.2, 0.25) is 0 Å². The minimum atomic E-state index is -0.0264. The van der Waals surface area contributed by atoms with Gasteiger partial charge in [-0.1, -0.05) is 26.0 Å². The summed E-state index contributed by atoms with van der Waals surface area (Å²) in [5.41, 5.74) is 5.23. The van der Waals surface area contributed by atoms with E-state index >= 15 is 0 Å². The largest absolute Gasteiger partial charge is 0.356 e. The van der Waals surface area contributed by atoms with Crippen LogP contribution in [-0.4, -0.2) is 26.2 Å². The normalized spacial score (nSPS) is 15.6. The summed E-state index contributed by atoms with van der Waals surface area (Å²) in [7, 11) is 0. The smallest absolute Gasteiger partial charge is 0.131 e. The molecule has 0 aromatic heterocycles. The maximum Gasteiger partial charge on any atom is 0.356 e. The van der Waals surface area contributed by atoms with Gasteiger partial charge >= 0.3 is 5.66 Å². The number of hydrogen-bond donors (Lipinski definition) is 0. The van der Waals surface area contributed by atoms with Crippen LogP contribution in [0.15, 0.2) is 24.3 Å². The van der Waals surface area contributed by atoms with Gasteiger partial charge in [0.25, 0.3) is 11.4 Å². The SMILES string of the molecule is CC.CC(C)=[N+]1c2ccccc2[N+](=C(C)C)C1(C)C. The molecule has 2 nitrogen and oxygen atoms in total. The number of nitrogens with zero attached hydrogens (tertiary/aromatic N) is 2. The highest BCUT2D eigenvalue weighted by molar-refractivity contribution is 5.79. The number of benzene rings is 1. The molecule has 1 aromatic carbocycles. The lowest BCUT2D eigenvalue weighted by atomic mass is 10.2. The molecule has 0 radical (unpaired) electrons. The van der Waals surface area contributed by atoms with Crippen LogP contribution in [-0.2, 0) is 0 Å². The maximum absolute atomic E-state index is 2.41. The number of para-hydroxylation sites is 2. The molecular formula is C17H28N2+2. The molecule has 1 aromatic rings. The first-order valence-electron chi connectivity index (χ1n) is 7.17. The molecular weight excluding hydrogens is 232 g/mol. The van der Waals surface area contributed by atoms with Gasteiger partial charge in [0, 0.05) is 39.8 Å². The fraction of sp³-hybridized carbons (Fsp3) is 0.529. The quantitative estimate of drug-likeness (QED) is 0.596. The van der Waals surface area contributed by atoms with E-state index in [4.69, 9.17) is 0 Å². The van der Waals surface area contributed by atoms with E-state index in [2.05, 4.69) is 75.0 Å². The Morgan fingerprint density at radius 3 is 1.37 bits per heavy atom. The van der Waals surface area contributed by atoms with Gasteiger partial charge < -0.3 is 0 Å².